The number of halogens is 1. The van der Waals surface area contributed by atoms with Crippen molar-refractivity contribution in [2.75, 3.05) is 0 Å². The van der Waals surface area contributed by atoms with Gasteiger partial charge in [0.25, 0.3) is 0 Å². The molecule has 0 atom stereocenters. The van der Waals surface area contributed by atoms with E-state index in [0.717, 1.165) is 6.92 Å². The molecule has 0 aliphatic rings. The Morgan fingerprint density at radius 1 is 2.00 bits per heavy atom. The first-order valence-electron chi connectivity index (χ1n) is 0.939. The largest absolute Gasteiger partial charge is 2.00 e. The fourth-order valence-corrected chi connectivity index (χ4v) is 0. The van der Waals surface area contributed by atoms with Crippen LogP contribution in [-0.4, -0.2) is 29.0 Å². The Hall–Kier alpha value is 0.366. The van der Waals surface area contributed by atoms with Gasteiger partial charge >= 0.3 is 23.1 Å². The third-order valence-corrected chi connectivity index (χ3v) is 0. The molecule has 0 spiro atoms. The van der Waals surface area contributed by atoms with Gasteiger partial charge in [0.2, 0.25) is 0 Å². The molecule has 0 aliphatic heterocycles. The van der Waals surface area contributed by atoms with E-state index in [1.165, 1.54) is 0 Å². The molecule has 0 rings (SSSR count). The van der Waals surface area contributed by atoms with Crippen LogP contribution in [0.1, 0.15) is 9.78 Å². The van der Waals surface area contributed by atoms with Crippen molar-refractivity contribution in [2.45, 2.75) is 6.92 Å². The van der Waals surface area contributed by atoms with E-state index in [9.17, 15) is 4.39 Å². The number of hydrogen-bond acceptors (Lipinski definition) is 1. The summed E-state index contributed by atoms with van der Waals surface area (Å²) >= 11 is 0. The van der Waals surface area contributed by atoms with Gasteiger partial charge in [-0.1, -0.05) is 0 Å². The first kappa shape index (κ1) is 9.03. The first-order valence-corrected chi connectivity index (χ1v) is 0.939. The topological polar surface area (TPSA) is 23.9 Å². The van der Waals surface area contributed by atoms with Gasteiger partial charge in [-0.15, -0.1) is 0 Å². The van der Waals surface area contributed by atoms with Gasteiger partial charge in [0.15, 0.2) is 5.97 Å². The van der Waals surface area contributed by atoms with Crippen LogP contribution in [0, 0.1) is 5.41 Å². The molecule has 0 aromatic heterocycles. The zero-order valence-corrected chi connectivity index (χ0v) is 4.50. The molecule has 0 unspecified atom stereocenters. The maximum absolute atomic E-state index is 10.6. The predicted molar refractivity (Wildman–Crippen MR) is 22.5 cm³/mol. The van der Waals surface area contributed by atoms with Crippen LogP contribution in [0.4, 0.5) is 4.39 Å². The van der Waals surface area contributed by atoms with Crippen molar-refractivity contribution in [3.8, 4) is 0 Å². The summed E-state index contributed by atoms with van der Waals surface area (Å²) in [4.78, 5) is 0. The van der Waals surface area contributed by atoms with Crippen LogP contribution < -0.4 is 0 Å². The van der Waals surface area contributed by atoms with Crippen LogP contribution in [0.15, 0.2) is 0 Å². The molecule has 0 fully saturated rings. The standard InChI is InChI=1S/C2H4FN.Mg.2H/c1-2(3)4;;;/h4H,1H3;;;/q;+2;2*-1. The Labute approximate surface area is 49.2 Å². The maximum atomic E-state index is 10.6. The van der Waals surface area contributed by atoms with Gasteiger partial charge in [0.1, 0.15) is 0 Å². The summed E-state index contributed by atoms with van der Waals surface area (Å²) in [5, 5.41) is 5.83. The fourth-order valence-electron chi connectivity index (χ4n) is 0. The molecule has 0 saturated heterocycles. The van der Waals surface area contributed by atoms with Crippen molar-refractivity contribution in [1.82, 2.24) is 0 Å². The molecule has 1 N–H and O–H groups in total. The molecule has 0 heterocycles. The minimum Gasteiger partial charge on any atom is -1.00 e. The van der Waals surface area contributed by atoms with Crippen LogP contribution in [0.3, 0.4) is 0 Å². The first-order chi connectivity index (χ1) is 1.73. The summed E-state index contributed by atoms with van der Waals surface area (Å²) in [6.07, 6.45) is 0. The van der Waals surface area contributed by atoms with E-state index in [1.807, 2.05) is 0 Å². The van der Waals surface area contributed by atoms with Gasteiger partial charge in [-0.25, -0.2) is 0 Å². The van der Waals surface area contributed by atoms with Crippen LogP contribution in [-0.2, 0) is 0 Å². The van der Waals surface area contributed by atoms with E-state index < -0.39 is 5.97 Å². The van der Waals surface area contributed by atoms with Crippen LogP contribution in [0.5, 0.6) is 0 Å². The second-order valence-electron chi connectivity index (χ2n) is 0.533. The van der Waals surface area contributed by atoms with Crippen LogP contribution in [0.25, 0.3) is 0 Å². The summed E-state index contributed by atoms with van der Waals surface area (Å²) in [6.45, 7) is 1.08. The molecule has 0 radical (unpaired) electrons. The van der Waals surface area contributed by atoms with Crippen molar-refractivity contribution >= 4 is 29.0 Å². The number of rotatable bonds is 0. The molecule has 0 aliphatic carbocycles. The molecule has 5 heavy (non-hydrogen) atoms. The summed E-state index contributed by atoms with van der Waals surface area (Å²) in [5.74, 6) is -0.833. The summed E-state index contributed by atoms with van der Waals surface area (Å²) in [7, 11) is 0. The zero-order valence-electron chi connectivity index (χ0n) is 5.09. The van der Waals surface area contributed by atoms with Crippen LogP contribution in [0.2, 0.25) is 0 Å². The molecule has 1 nitrogen and oxygen atoms in total. The third kappa shape index (κ3) is 182. The Morgan fingerprint density at radius 2 is 2.00 bits per heavy atom. The van der Waals surface area contributed by atoms with E-state index in [2.05, 4.69) is 0 Å². The van der Waals surface area contributed by atoms with Gasteiger partial charge in [-0.2, -0.15) is 4.39 Å². The Balaban J connectivity index is -0.0000000150. The SMILES string of the molecule is CC(=N)F.[H-].[H-].[Mg+2]. The average molecular weight is 87.4 g/mol. The minimum absolute atomic E-state index is 0. The summed E-state index contributed by atoms with van der Waals surface area (Å²) < 4.78 is 10.6. The molecule has 0 bridgehead atoms. The Kier molecular flexibility index (Phi) is 7.88. The van der Waals surface area contributed by atoms with Gasteiger partial charge in [0, 0.05) is 6.92 Å². The fraction of sp³-hybridized carbons (Fsp3) is 0.500. The van der Waals surface area contributed by atoms with Crippen molar-refractivity contribution in [3.05, 3.63) is 0 Å². The van der Waals surface area contributed by atoms with Crippen molar-refractivity contribution in [1.29, 1.82) is 5.41 Å². The van der Waals surface area contributed by atoms with Crippen LogP contribution >= 0.6 is 0 Å². The molecule has 0 aromatic rings. The molecule has 0 amide bonds. The van der Waals surface area contributed by atoms with E-state index in [0.29, 0.717) is 0 Å². The summed E-state index contributed by atoms with van der Waals surface area (Å²) in [5.41, 5.74) is 0. The van der Waals surface area contributed by atoms with Gasteiger partial charge < -0.3 is 2.85 Å². The van der Waals surface area contributed by atoms with Crippen molar-refractivity contribution in [3.63, 3.8) is 0 Å². The molecule has 3 heteroatoms. The third-order valence-electron chi connectivity index (χ3n) is 0. The molecule has 0 saturated carbocycles. The van der Waals surface area contributed by atoms with Gasteiger partial charge in [0.05, 0.1) is 0 Å². The van der Waals surface area contributed by atoms with E-state index in [-0.39, 0.29) is 25.9 Å². The summed E-state index contributed by atoms with van der Waals surface area (Å²) in [6, 6.07) is 0. The average Bonchev–Trinajstić information content (AvgIpc) is 0.811. The zero-order chi connectivity index (χ0) is 3.58. The smallest absolute Gasteiger partial charge is 1.00 e. The predicted octanol–water partition coefficient (Wildman–Crippen LogP) is 0.797. The Bertz CT molecular complexity index is 38.7. The molecular formula is C2H6FMgN. The van der Waals surface area contributed by atoms with E-state index >= 15 is 0 Å². The normalized spacial score (nSPS) is 5.20. The Morgan fingerprint density at radius 3 is 2.00 bits per heavy atom. The van der Waals surface area contributed by atoms with Crippen molar-refractivity contribution < 1.29 is 7.24 Å². The minimum atomic E-state index is -0.833. The number of nitrogens with one attached hydrogen (secondary N) is 1. The second kappa shape index (κ2) is 4.37. The van der Waals surface area contributed by atoms with E-state index in [1.54, 1.807) is 0 Å². The van der Waals surface area contributed by atoms with E-state index in [4.69, 9.17) is 5.41 Å². The maximum Gasteiger partial charge on any atom is 2.00 e. The second-order valence-corrected chi connectivity index (χ2v) is 0.533. The van der Waals surface area contributed by atoms with Crippen molar-refractivity contribution in [2.24, 2.45) is 0 Å². The molecular weight excluding hydrogens is 81.3 g/mol. The molecule has 0 aromatic carbocycles. The monoisotopic (exact) mass is 87.0 g/mol. The van der Waals surface area contributed by atoms with Gasteiger partial charge in [-0.3, -0.25) is 5.41 Å². The number of hydrogen-bond donors (Lipinski definition) is 1. The van der Waals surface area contributed by atoms with Gasteiger partial charge in [-0.05, 0) is 0 Å². The molecule has 28 valence electrons. The quantitative estimate of drug-likeness (QED) is 0.334.